The summed E-state index contributed by atoms with van der Waals surface area (Å²) in [5.41, 5.74) is 0. The molecule has 1 N–H and O–H groups in total. The summed E-state index contributed by atoms with van der Waals surface area (Å²) < 4.78 is 1.89. The maximum Gasteiger partial charge on any atom is 0.128 e. The molecule has 0 aliphatic carbocycles. The van der Waals surface area contributed by atoms with Crippen LogP contribution in [0.15, 0.2) is 41.4 Å². The van der Waals surface area contributed by atoms with Gasteiger partial charge in [-0.1, -0.05) is 29.8 Å². The second kappa shape index (κ2) is 6.83. The molecule has 0 saturated heterocycles. The molecule has 3 nitrogen and oxygen atoms in total. The molecule has 0 unspecified atom stereocenters. The molecule has 0 radical (unpaired) electrons. The minimum atomic E-state index is 0.672. The topological polar surface area (TPSA) is 29.9 Å². The van der Waals surface area contributed by atoms with Gasteiger partial charge in [0, 0.05) is 24.2 Å². The Balaban J connectivity index is 1.66. The smallest absolute Gasteiger partial charge is 0.128 e. The normalized spacial score (nSPS) is 10.8. The van der Waals surface area contributed by atoms with Crippen LogP contribution in [-0.4, -0.2) is 21.8 Å². The molecule has 96 valence electrons. The summed E-state index contributed by atoms with van der Waals surface area (Å²) in [6.07, 6.45) is 1.68. The highest BCUT2D eigenvalue weighted by Crippen LogP contribution is 2.15. The van der Waals surface area contributed by atoms with E-state index in [0.29, 0.717) is 5.15 Å². The van der Waals surface area contributed by atoms with E-state index in [-0.39, 0.29) is 0 Å². The lowest BCUT2D eigenvalue weighted by molar-refractivity contribution is 0.665. The molecule has 0 aliphatic rings. The van der Waals surface area contributed by atoms with Crippen LogP contribution in [0.25, 0.3) is 0 Å². The van der Waals surface area contributed by atoms with Crippen molar-refractivity contribution in [2.24, 2.45) is 7.05 Å². The molecule has 18 heavy (non-hydrogen) atoms. The molecule has 0 amide bonds. The maximum atomic E-state index is 5.92. The largest absolute Gasteiger partial charge is 0.321 e. The van der Waals surface area contributed by atoms with Crippen LogP contribution in [0.2, 0.25) is 5.15 Å². The van der Waals surface area contributed by atoms with E-state index in [2.05, 4.69) is 34.6 Å². The molecule has 2 rings (SSSR count). The van der Waals surface area contributed by atoms with Crippen LogP contribution in [0.3, 0.4) is 0 Å². The van der Waals surface area contributed by atoms with E-state index in [1.165, 1.54) is 4.90 Å². The molecule has 0 bridgehead atoms. The average Bonchev–Trinajstić information content (AvgIpc) is 2.71. The van der Waals surface area contributed by atoms with Crippen molar-refractivity contribution in [1.29, 1.82) is 0 Å². The van der Waals surface area contributed by atoms with Gasteiger partial charge in [-0.25, -0.2) is 4.98 Å². The molecular weight excluding hydrogens is 266 g/mol. The highest BCUT2D eigenvalue weighted by atomic mass is 35.5. The maximum absolute atomic E-state index is 5.92. The fourth-order valence-electron chi connectivity index (χ4n) is 1.55. The number of imidazole rings is 1. The third-order valence-electron chi connectivity index (χ3n) is 2.60. The lowest BCUT2D eigenvalue weighted by Crippen LogP contribution is -2.19. The van der Waals surface area contributed by atoms with E-state index in [9.17, 15) is 0 Å². The molecule has 1 aromatic heterocycles. The van der Waals surface area contributed by atoms with Crippen molar-refractivity contribution in [3.05, 3.63) is 47.5 Å². The number of hydrogen-bond acceptors (Lipinski definition) is 3. The van der Waals surface area contributed by atoms with Gasteiger partial charge in [0.15, 0.2) is 0 Å². The molecule has 0 fully saturated rings. The van der Waals surface area contributed by atoms with Gasteiger partial charge >= 0.3 is 0 Å². The van der Waals surface area contributed by atoms with Crippen molar-refractivity contribution in [3.8, 4) is 0 Å². The van der Waals surface area contributed by atoms with Crippen LogP contribution in [0.5, 0.6) is 0 Å². The number of rotatable bonds is 6. The van der Waals surface area contributed by atoms with Gasteiger partial charge in [0.05, 0.1) is 12.7 Å². The average molecular weight is 282 g/mol. The summed E-state index contributed by atoms with van der Waals surface area (Å²) in [7, 11) is 1.92. The number of hydrogen-bond donors (Lipinski definition) is 1. The molecule has 2 aromatic rings. The molecule has 1 heterocycles. The molecule has 0 saturated carbocycles. The highest BCUT2D eigenvalue weighted by molar-refractivity contribution is 7.99. The standard InChI is InChI=1S/C13H16ClN3S/c1-17-12(14)9-16-13(17)10-15-7-8-18-11-5-3-2-4-6-11/h2-6,9,15H,7-8,10H2,1H3. The van der Waals surface area contributed by atoms with Crippen molar-refractivity contribution < 1.29 is 0 Å². The molecular formula is C13H16ClN3S. The van der Waals surface area contributed by atoms with Gasteiger partial charge in [-0.3, -0.25) is 0 Å². The number of benzene rings is 1. The Hall–Kier alpha value is -0.970. The Morgan fingerprint density at radius 1 is 1.33 bits per heavy atom. The Labute approximate surface area is 117 Å². The van der Waals surface area contributed by atoms with Crippen LogP contribution in [0.1, 0.15) is 5.82 Å². The summed E-state index contributed by atoms with van der Waals surface area (Å²) in [6, 6.07) is 10.4. The van der Waals surface area contributed by atoms with Crippen molar-refractivity contribution in [1.82, 2.24) is 14.9 Å². The molecule has 0 aliphatic heterocycles. The van der Waals surface area contributed by atoms with Gasteiger partial charge in [0.2, 0.25) is 0 Å². The fourth-order valence-corrected chi connectivity index (χ4v) is 2.52. The summed E-state index contributed by atoms with van der Waals surface area (Å²) >= 11 is 7.77. The predicted octanol–water partition coefficient (Wildman–Crippen LogP) is 2.96. The van der Waals surface area contributed by atoms with Gasteiger partial charge in [-0.2, -0.15) is 0 Å². The van der Waals surface area contributed by atoms with Crippen LogP contribution in [-0.2, 0) is 13.6 Å². The molecule has 5 heteroatoms. The third kappa shape index (κ3) is 3.77. The summed E-state index contributed by atoms with van der Waals surface area (Å²) in [5.74, 6) is 2.01. The zero-order chi connectivity index (χ0) is 12.8. The quantitative estimate of drug-likeness (QED) is 0.652. The van der Waals surface area contributed by atoms with Crippen molar-refractivity contribution in [3.63, 3.8) is 0 Å². The van der Waals surface area contributed by atoms with E-state index < -0.39 is 0 Å². The van der Waals surface area contributed by atoms with Crippen molar-refractivity contribution in [2.45, 2.75) is 11.4 Å². The van der Waals surface area contributed by atoms with Crippen LogP contribution in [0, 0.1) is 0 Å². The second-order valence-corrected chi connectivity index (χ2v) is 5.45. The number of nitrogens with zero attached hydrogens (tertiary/aromatic N) is 2. The van der Waals surface area contributed by atoms with Crippen molar-refractivity contribution in [2.75, 3.05) is 12.3 Å². The first-order valence-electron chi connectivity index (χ1n) is 5.82. The minimum Gasteiger partial charge on any atom is -0.321 e. The predicted molar refractivity (Wildman–Crippen MR) is 77.1 cm³/mol. The van der Waals surface area contributed by atoms with E-state index in [1.807, 2.05) is 29.4 Å². The van der Waals surface area contributed by atoms with E-state index in [1.54, 1.807) is 6.20 Å². The third-order valence-corrected chi connectivity index (χ3v) is 3.97. The number of nitrogens with one attached hydrogen (secondary N) is 1. The van der Waals surface area contributed by atoms with Gasteiger partial charge in [-0.15, -0.1) is 11.8 Å². The van der Waals surface area contributed by atoms with E-state index in [0.717, 1.165) is 24.7 Å². The zero-order valence-corrected chi connectivity index (χ0v) is 11.8. The van der Waals surface area contributed by atoms with Gasteiger partial charge in [0.25, 0.3) is 0 Å². The van der Waals surface area contributed by atoms with Crippen LogP contribution >= 0.6 is 23.4 Å². The monoisotopic (exact) mass is 281 g/mol. The SMILES string of the molecule is Cn1c(Cl)cnc1CNCCSc1ccccc1. The second-order valence-electron chi connectivity index (χ2n) is 3.89. The minimum absolute atomic E-state index is 0.672. The lowest BCUT2D eigenvalue weighted by Gasteiger charge is -2.05. The van der Waals surface area contributed by atoms with Gasteiger partial charge in [0.1, 0.15) is 11.0 Å². The number of aromatic nitrogens is 2. The van der Waals surface area contributed by atoms with E-state index >= 15 is 0 Å². The number of thioether (sulfide) groups is 1. The van der Waals surface area contributed by atoms with Crippen LogP contribution < -0.4 is 5.32 Å². The lowest BCUT2D eigenvalue weighted by atomic mass is 10.4. The zero-order valence-electron chi connectivity index (χ0n) is 10.3. The van der Waals surface area contributed by atoms with Gasteiger partial charge in [-0.05, 0) is 12.1 Å². The summed E-state index contributed by atoms with van der Waals surface area (Å²) in [6.45, 7) is 1.70. The van der Waals surface area contributed by atoms with Gasteiger partial charge < -0.3 is 9.88 Å². The van der Waals surface area contributed by atoms with Crippen LogP contribution in [0.4, 0.5) is 0 Å². The highest BCUT2D eigenvalue weighted by Gasteiger charge is 2.02. The fraction of sp³-hybridized carbons (Fsp3) is 0.308. The first-order chi connectivity index (χ1) is 8.77. The molecule has 1 aromatic carbocycles. The summed E-state index contributed by atoms with van der Waals surface area (Å²) in [4.78, 5) is 5.54. The Bertz CT molecular complexity index is 484. The molecule has 0 spiro atoms. The Morgan fingerprint density at radius 2 is 2.11 bits per heavy atom. The number of halogens is 1. The van der Waals surface area contributed by atoms with Crippen molar-refractivity contribution >= 4 is 23.4 Å². The summed E-state index contributed by atoms with van der Waals surface area (Å²) in [5, 5.41) is 4.04. The Kier molecular flexibility index (Phi) is 5.11. The molecule has 0 atom stereocenters. The first kappa shape index (κ1) is 13.5. The Morgan fingerprint density at radius 3 is 2.78 bits per heavy atom. The van der Waals surface area contributed by atoms with E-state index in [4.69, 9.17) is 11.6 Å². The first-order valence-corrected chi connectivity index (χ1v) is 7.18.